The van der Waals surface area contributed by atoms with Gasteiger partial charge in [-0.25, -0.2) is 0 Å². The Bertz CT molecular complexity index is 1030. The van der Waals surface area contributed by atoms with Gasteiger partial charge in [-0.3, -0.25) is 9.88 Å². The van der Waals surface area contributed by atoms with Crippen molar-refractivity contribution in [2.75, 3.05) is 18.5 Å². The third kappa shape index (κ3) is 5.01. The van der Waals surface area contributed by atoms with Crippen LogP contribution in [0.15, 0.2) is 59.2 Å². The summed E-state index contributed by atoms with van der Waals surface area (Å²) in [4.78, 5) is 6.43. The predicted molar refractivity (Wildman–Crippen MR) is 120 cm³/mol. The number of hydrogen-bond acceptors (Lipinski definition) is 8. The van der Waals surface area contributed by atoms with Gasteiger partial charge in [0.05, 0.1) is 42.9 Å². The molecule has 3 heterocycles. The number of aryl methyl sites for hydroxylation is 1. The molecule has 0 saturated carbocycles. The van der Waals surface area contributed by atoms with Crippen LogP contribution in [0.2, 0.25) is 0 Å². The molecule has 8 heteroatoms. The molecule has 2 aromatic heterocycles. The second-order valence-corrected chi connectivity index (χ2v) is 8.27. The molecule has 0 amide bonds. The fourth-order valence-electron chi connectivity index (χ4n) is 4.15. The molecule has 0 spiro atoms. The Morgan fingerprint density at radius 3 is 2.62 bits per heavy atom. The van der Waals surface area contributed by atoms with E-state index < -0.39 is 24.4 Å². The van der Waals surface area contributed by atoms with Gasteiger partial charge in [-0.1, -0.05) is 6.07 Å². The highest BCUT2D eigenvalue weighted by molar-refractivity contribution is 5.65. The van der Waals surface area contributed by atoms with Gasteiger partial charge in [0.25, 0.3) is 0 Å². The molecule has 4 atom stereocenters. The van der Waals surface area contributed by atoms with E-state index in [1.807, 2.05) is 43.3 Å². The molecule has 1 saturated heterocycles. The van der Waals surface area contributed by atoms with Gasteiger partial charge >= 0.3 is 0 Å². The van der Waals surface area contributed by atoms with Crippen LogP contribution >= 0.6 is 0 Å². The summed E-state index contributed by atoms with van der Waals surface area (Å²) in [7, 11) is 0. The normalized spacial score (nSPS) is 23.9. The van der Waals surface area contributed by atoms with Gasteiger partial charge in [-0.05, 0) is 55.0 Å². The fourth-order valence-corrected chi connectivity index (χ4v) is 4.15. The Labute approximate surface area is 186 Å². The van der Waals surface area contributed by atoms with Crippen molar-refractivity contribution in [3.05, 3.63) is 71.7 Å². The molecule has 0 radical (unpaired) electrons. The highest BCUT2D eigenvalue weighted by atomic mass is 16.4. The lowest BCUT2D eigenvalue weighted by molar-refractivity contribution is -0.147. The van der Waals surface area contributed by atoms with E-state index in [0.29, 0.717) is 13.1 Å². The lowest BCUT2D eigenvalue weighted by atomic mass is 9.94. The zero-order valence-electron chi connectivity index (χ0n) is 17.9. The number of furan rings is 1. The molecule has 1 fully saturated rings. The van der Waals surface area contributed by atoms with Gasteiger partial charge in [0, 0.05) is 24.3 Å². The van der Waals surface area contributed by atoms with E-state index in [1.54, 1.807) is 11.2 Å². The lowest BCUT2D eigenvalue weighted by Gasteiger charge is -2.42. The van der Waals surface area contributed by atoms with Crippen LogP contribution in [0, 0.1) is 6.92 Å². The minimum absolute atomic E-state index is 0.145. The zero-order chi connectivity index (χ0) is 22.7. The second-order valence-electron chi connectivity index (χ2n) is 8.27. The summed E-state index contributed by atoms with van der Waals surface area (Å²) in [6.07, 6.45) is -1.92. The molecule has 170 valence electrons. The number of aliphatic hydroxyl groups is 4. The van der Waals surface area contributed by atoms with Gasteiger partial charge in [0.2, 0.25) is 0 Å². The molecule has 1 aromatic carbocycles. The minimum atomic E-state index is -1.27. The minimum Gasteiger partial charge on any atom is -0.464 e. The first kappa shape index (κ1) is 22.4. The van der Waals surface area contributed by atoms with Gasteiger partial charge in [-0.15, -0.1) is 0 Å². The quantitative estimate of drug-likeness (QED) is 0.376. The van der Waals surface area contributed by atoms with E-state index >= 15 is 0 Å². The first-order chi connectivity index (χ1) is 15.4. The predicted octanol–water partition coefficient (Wildman–Crippen LogP) is 1.52. The largest absolute Gasteiger partial charge is 0.464 e. The van der Waals surface area contributed by atoms with Crippen molar-refractivity contribution in [3.63, 3.8) is 0 Å². The maximum atomic E-state index is 10.2. The summed E-state index contributed by atoms with van der Waals surface area (Å²) >= 11 is 0. The number of nitrogens with one attached hydrogen (secondary N) is 1. The Morgan fingerprint density at radius 1 is 1.06 bits per heavy atom. The van der Waals surface area contributed by atoms with E-state index in [4.69, 9.17) is 4.42 Å². The Morgan fingerprint density at radius 2 is 1.88 bits per heavy atom. The summed E-state index contributed by atoms with van der Waals surface area (Å²) < 4.78 is 5.51. The molecule has 4 rings (SSSR count). The number of piperidine rings is 1. The number of aromatic nitrogens is 1. The topological polar surface area (TPSA) is 122 Å². The number of likely N-dealkylation sites (tertiary alicyclic amines) is 1. The number of rotatable bonds is 7. The summed E-state index contributed by atoms with van der Waals surface area (Å²) in [5, 5.41) is 43.2. The maximum Gasteiger partial charge on any atom is 0.133 e. The average molecular weight is 440 g/mol. The number of anilines is 1. The van der Waals surface area contributed by atoms with E-state index in [1.165, 1.54) is 0 Å². The van der Waals surface area contributed by atoms with Crippen molar-refractivity contribution in [2.24, 2.45) is 0 Å². The molecule has 0 bridgehead atoms. The van der Waals surface area contributed by atoms with Crippen LogP contribution in [-0.2, 0) is 13.1 Å². The van der Waals surface area contributed by atoms with E-state index in [2.05, 4.69) is 22.4 Å². The highest BCUT2D eigenvalue weighted by Gasteiger charge is 2.41. The molecular formula is C24H29N3O5. The smallest absolute Gasteiger partial charge is 0.133 e. The number of aliphatic hydroxyl groups excluding tert-OH is 4. The fraction of sp³-hybridized carbons (Fsp3) is 0.375. The molecule has 32 heavy (non-hydrogen) atoms. The molecule has 1 aliphatic heterocycles. The van der Waals surface area contributed by atoms with Gasteiger partial charge in [0.15, 0.2) is 0 Å². The number of β-amino-alcohol motifs (C(OH)–C–C–N with tert-alkyl or cyclic N) is 1. The first-order valence-electron chi connectivity index (χ1n) is 10.7. The van der Waals surface area contributed by atoms with Crippen molar-refractivity contribution in [1.82, 2.24) is 9.88 Å². The summed E-state index contributed by atoms with van der Waals surface area (Å²) in [5.74, 6) is 0.811. The van der Waals surface area contributed by atoms with Crippen LogP contribution in [0.5, 0.6) is 0 Å². The van der Waals surface area contributed by atoms with Crippen LogP contribution in [0.3, 0.4) is 0 Å². The Balaban J connectivity index is 1.44. The summed E-state index contributed by atoms with van der Waals surface area (Å²) in [5.41, 5.74) is 4.66. The molecule has 3 aromatic rings. The molecule has 8 nitrogen and oxygen atoms in total. The third-order valence-corrected chi connectivity index (χ3v) is 5.80. The molecule has 0 aliphatic carbocycles. The summed E-state index contributed by atoms with van der Waals surface area (Å²) in [6.45, 7) is 2.71. The van der Waals surface area contributed by atoms with Crippen LogP contribution < -0.4 is 5.32 Å². The van der Waals surface area contributed by atoms with Gasteiger partial charge in [0.1, 0.15) is 18.0 Å². The number of hydrogen-bond donors (Lipinski definition) is 5. The van der Waals surface area contributed by atoms with Crippen molar-refractivity contribution >= 4 is 5.69 Å². The van der Waals surface area contributed by atoms with Gasteiger partial charge in [-0.2, -0.15) is 0 Å². The first-order valence-corrected chi connectivity index (χ1v) is 10.7. The average Bonchev–Trinajstić information content (AvgIpc) is 3.32. The number of benzene rings is 1. The van der Waals surface area contributed by atoms with Crippen molar-refractivity contribution in [2.45, 2.75) is 44.4 Å². The lowest BCUT2D eigenvalue weighted by Crippen LogP contribution is -2.62. The van der Waals surface area contributed by atoms with Crippen LogP contribution in [0.1, 0.15) is 17.0 Å². The third-order valence-electron chi connectivity index (χ3n) is 5.80. The van der Waals surface area contributed by atoms with Gasteiger partial charge < -0.3 is 30.2 Å². The molecule has 5 N–H and O–H groups in total. The van der Waals surface area contributed by atoms with Crippen molar-refractivity contribution in [1.29, 1.82) is 0 Å². The van der Waals surface area contributed by atoms with E-state index in [0.717, 1.165) is 34.0 Å². The monoisotopic (exact) mass is 439 g/mol. The number of nitrogens with zero attached hydrogens (tertiary/aromatic N) is 2. The Kier molecular flexibility index (Phi) is 6.88. The number of pyridine rings is 1. The van der Waals surface area contributed by atoms with Crippen LogP contribution in [0.4, 0.5) is 5.69 Å². The summed E-state index contributed by atoms with van der Waals surface area (Å²) in [6, 6.07) is 15.0. The van der Waals surface area contributed by atoms with E-state index in [-0.39, 0.29) is 13.2 Å². The Hall–Kier alpha value is -2.75. The van der Waals surface area contributed by atoms with Crippen molar-refractivity contribution < 1.29 is 24.8 Å². The molecular weight excluding hydrogens is 410 g/mol. The molecule has 1 aliphatic rings. The molecule has 0 unspecified atom stereocenters. The standard InChI is InChI=1S/C24H29N3O5/c1-15-8-16(22-6-3-7-32-22)10-19(9-15)25-11-17-4-2-5-18(26-17)12-27-13-21(29)24(31)23(30)20(27)14-28/h2-10,20-21,23-25,28-31H,11-14H2,1H3/t20-,21+,23-,24-/m1/s1. The maximum absolute atomic E-state index is 10.2. The van der Waals surface area contributed by atoms with E-state index in [9.17, 15) is 20.4 Å². The van der Waals surface area contributed by atoms with Crippen LogP contribution in [-0.4, -0.2) is 67.8 Å². The zero-order valence-corrected chi connectivity index (χ0v) is 17.9. The van der Waals surface area contributed by atoms with Crippen molar-refractivity contribution in [3.8, 4) is 11.3 Å². The second kappa shape index (κ2) is 9.81. The SMILES string of the molecule is Cc1cc(NCc2cccc(CN3C[C@H](O)[C@@H](O)[C@H](O)[C@H]3CO)n2)cc(-c2ccco2)c1. The van der Waals surface area contributed by atoms with Crippen LogP contribution in [0.25, 0.3) is 11.3 Å². The highest BCUT2D eigenvalue weighted by Crippen LogP contribution is 2.25.